The average molecular weight is 731 g/mol. The Labute approximate surface area is 313 Å². The predicted octanol–water partition coefficient (Wildman–Crippen LogP) is 7.23. The molecule has 1 saturated heterocycles. The van der Waals surface area contributed by atoms with Crippen LogP contribution < -0.4 is 0 Å². The first-order chi connectivity index (χ1) is 26.3. The molecule has 10 nitrogen and oxygen atoms in total. The van der Waals surface area contributed by atoms with E-state index in [1.165, 1.54) is 0 Å². The first-order valence-electron chi connectivity index (χ1n) is 18.6. The maximum Gasteiger partial charge on any atom is 0.338 e. The summed E-state index contributed by atoms with van der Waals surface area (Å²) in [6, 6.07) is 33.8. The molecule has 4 aliphatic carbocycles. The fourth-order valence-electron chi connectivity index (χ4n) is 9.17. The van der Waals surface area contributed by atoms with E-state index in [0.717, 1.165) is 38.5 Å². The summed E-state index contributed by atoms with van der Waals surface area (Å²) in [6.45, 7) is -0.893. The van der Waals surface area contributed by atoms with Crippen LogP contribution in [0.25, 0.3) is 0 Å². The van der Waals surface area contributed by atoms with Gasteiger partial charge in [0.15, 0.2) is 12.2 Å². The first kappa shape index (κ1) is 35.7. The molecule has 4 aromatic carbocycles. The normalized spacial score (nSPS) is 29.3. The lowest BCUT2D eigenvalue weighted by atomic mass is 9.54. The Bertz CT molecular complexity index is 1920. The molecular formula is C44H42O10. The minimum atomic E-state index is -1.95. The summed E-state index contributed by atoms with van der Waals surface area (Å²) in [5.41, 5.74) is 0.441. The molecule has 9 rings (SSSR count). The largest absolute Gasteiger partial charge is 0.459 e. The number of carbonyl (C=O) groups is 4. The molecule has 278 valence electrons. The van der Waals surface area contributed by atoms with Crippen molar-refractivity contribution in [2.45, 2.75) is 68.2 Å². The van der Waals surface area contributed by atoms with Crippen LogP contribution in [0.4, 0.5) is 0 Å². The van der Waals surface area contributed by atoms with Crippen molar-refractivity contribution in [1.29, 1.82) is 0 Å². The molecule has 0 N–H and O–H groups in total. The monoisotopic (exact) mass is 730 g/mol. The molecule has 10 heteroatoms. The molecule has 54 heavy (non-hydrogen) atoms. The van der Waals surface area contributed by atoms with Crippen molar-refractivity contribution in [2.24, 2.45) is 17.8 Å². The Balaban J connectivity index is 1.20. The van der Waals surface area contributed by atoms with Crippen molar-refractivity contribution in [3.05, 3.63) is 144 Å². The molecule has 0 amide bonds. The molecule has 5 aliphatic rings. The van der Waals surface area contributed by atoms with E-state index in [0.29, 0.717) is 28.9 Å². The summed E-state index contributed by atoms with van der Waals surface area (Å²) in [5.74, 6) is -3.27. The van der Waals surface area contributed by atoms with Gasteiger partial charge in [-0.15, -0.1) is 0 Å². The van der Waals surface area contributed by atoms with E-state index in [1.807, 2.05) is 0 Å². The van der Waals surface area contributed by atoms with Crippen molar-refractivity contribution in [3.63, 3.8) is 0 Å². The summed E-state index contributed by atoms with van der Waals surface area (Å²) in [5, 5.41) is 0. The van der Waals surface area contributed by atoms with Crippen LogP contribution in [-0.4, -0.2) is 66.8 Å². The highest BCUT2D eigenvalue weighted by Crippen LogP contribution is 2.59. The lowest BCUT2D eigenvalue weighted by Gasteiger charge is -2.58. The van der Waals surface area contributed by atoms with Crippen LogP contribution in [0.1, 0.15) is 80.0 Å². The van der Waals surface area contributed by atoms with Crippen LogP contribution in [0.15, 0.2) is 121 Å². The van der Waals surface area contributed by atoms with Crippen molar-refractivity contribution >= 4 is 23.9 Å². The molecule has 0 spiro atoms. The molecule has 0 unspecified atom stereocenters. The van der Waals surface area contributed by atoms with Gasteiger partial charge in [0, 0.05) is 0 Å². The standard InChI is InChI=1S/C44H42O10/c45-39(32-13-5-1-6-14-32)49-27-36-37(51-41(47)34-17-9-3-10-18-34)38(52-42(48)35-19-11-4-12-20-35)44(53-36,28-50-40(46)33-15-7-2-8-16-33)54-43-24-29-21-30(25-43)23-31(22-29)26-43/h1-20,29-31,36-38H,21-28H2/t29?,30?,31?,36-,37-,38+,43?,44-/m1/s1. The van der Waals surface area contributed by atoms with Crippen LogP contribution in [0.2, 0.25) is 0 Å². The van der Waals surface area contributed by atoms with Crippen LogP contribution >= 0.6 is 0 Å². The molecule has 1 aliphatic heterocycles. The van der Waals surface area contributed by atoms with Crippen molar-refractivity contribution < 1.29 is 47.6 Å². The van der Waals surface area contributed by atoms with Crippen molar-refractivity contribution in [3.8, 4) is 0 Å². The van der Waals surface area contributed by atoms with Crippen molar-refractivity contribution in [2.75, 3.05) is 13.2 Å². The number of benzene rings is 4. The fourth-order valence-corrected chi connectivity index (χ4v) is 9.17. The van der Waals surface area contributed by atoms with E-state index in [9.17, 15) is 19.2 Å². The van der Waals surface area contributed by atoms with E-state index in [-0.39, 0.29) is 11.1 Å². The maximum absolute atomic E-state index is 14.0. The lowest BCUT2D eigenvalue weighted by Crippen LogP contribution is -2.61. The SMILES string of the molecule is O=C(OC[C@H]1O[C@](COC(=O)c2ccccc2)(OC23CC4CC(CC(C4)C2)C3)[C@@H](OC(=O)c2ccccc2)[C@@H]1OC(=O)c1ccccc1)c1ccccc1. The van der Waals surface area contributed by atoms with Gasteiger partial charge in [-0.1, -0.05) is 72.8 Å². The average Bonchev–Trinajstić information content (AvgIpc) is 3.46. The second kappa shape index (κ2) is 15.2. The number of carbonyl (C=O) groups excluding carboxylic acids is 4. The van der Waals surface area contributed by atoms with Gasteiger partial charge in [-0.3, -0.25) is 0 Å². The number of hydrogen-bond donors (Lipinski definition) is 0. The van der Waals surface area contributed by atoms with Crippen LogP contribution in [0.5, 0.6) is 0 Å². The van der Waals surface area contributed by atoms with Crippen LogP contribution in [-0.2, 0) is 28.4 Å². The second-order valence-electron chi connectivity index (χ2n) is 15.0. The van der Waals surface area contributed by atoms with Gasteiger partial charge >= 0.3 is 23.9 Å². The van der Waals surface area contributed by atoms with Crippen LogP contribution in [0, 0.1) is 17.8 Å². The van der Waals surface area contributed by atoms with Gasteiger partial charge < -0.3 is 28.4 Å². The minimum Gasteiger partial charge on any atom is -0.459 e. The van der Waals surface area contributed by atoms with Gasteiger partial charge in [-0.05, 0) is 105 Å². The third-order valence-electron chi connectivity index (χ3n) is 11.1. The lowest BCUT2D eigenvalue weighted by molar-refractivity contribution is -0.340. The maximum atomic E-state index is 14.0. The summed E-state index contributed by atoms with van der Waals surface area (Å²) >= 11 is 0. The Kier molecular flexibility index (Phi) is 10.0. The summed E-state index contributed by atoms with van der Waals surface area (Å²) in [4.78, 5) is 54.6. The molecule has 5 fully saturated rings. The topological polar surface area (TPSA) is 124 Å². The highest BCUT2D eigenvalue weighted by Gasteiger charge is 2.66. The zero-order valence-corrected chi connectivity index (χ0v) is 29.8. The first-order valence-corrected chi connectivity index (χ1v) is 18.6. The van der Waals surface area contributed by atoms with Crippen LogP contribution in [0.3, 0.4) is 0 Å². The van der Waals surface area contributed by atoms with Gasteiger partial charge in [0.25, 0.3) is 0 Å². The quantitative estimate of drug-likeness (QED) is 0.109. The molecule has 4 saturated carbocycles. The third-order valence-corrected chi connectivity index (χ3v) is 11.1. The number of hydrogen-bond acceptors (Lipinski definition) is 10. The summed E-state index contributed by atoms with van der Waals surface area (Å²) < 4.78 is 38.4. The van der Waals surface area contributed by atoms with E-state index >= 15 is 0 Å². The zero-order valence-electron chi connectivity index (χ0n) is 29.8. The Morgan fingerprint density at radius 2 is 0.944 bits per heavy atom. The highest BCUT2D eigenvalue weighted by atomic mass is 16.8. The Morgan fingerprint density at radius 3 is 1.41 bits per heavy atom. The van der Waals surface area contributed by atoms with E-state index in [1.54, 1.807) is 121 Å². The highest BCUT2D eigenvalue weighted by molar-refractivity contribution is 5.91. The zero-order chi connectivity index (χ0) is 37.1. The second-order valence-corrected chi connectivity index (χ2v) is 15.0. The molecule has 4 aromatic rings. The Hall–Kier alpha value is -5.32. The molecule has 4 atom stereocenters. The summed E-state index contributed by atoms with van der Waals surface area (Å²) in [6.07, 6.45) is 1.68. The van der Waals surface area contributed by atoms with Gasteiger partial charge in [0.05, 0.1) is 27.9 Å². The minimum absolute atomic E-state index is 0.245. The molecular weight excluding hydrogens is 688 g/mol. The van der Waals surface area contributed by atoms with E-state index in [4.69, 9.17) is 28.4 Å². The Morgan fingerprint density at radius 1 is 0.537 bits per heavy atom. The van der Waals surface area contributed by atoms with Gasteiger partial charge in [0.1, 0.15) is 19.3 Å². The van der Waals surface area contributed by atoms with Gasteiger partial charge in [-0.2, -0.15) is 0 Å². The van der Waals surface area contributed by atoms with Gasteiger partial charge in [0.2, 0.25) is 5.79 Å². The summed E-state index contributed by atoms with van der Waals surface area (Å²) in [7, 11) is 0. The van der Waals surface area contributed by atoms with E-state index < -0.39 is 66.8 Å². The fraction of sp³-hybridized carbons (Fsp3) is 0.364. The molecule has 1 heterocycles. The van der Waals surface area contributed by atoms with E-state index in [2.05, 4.69) is 0 Å². The number of rotatable bonds is 12. The number of esters is 4. The van der Waals surface area contributed by atoms with Crippen molar-refractivity contribution in [1.82, 2.24) is 0 Å². The predicted molar refractivity (Wildman–Crippen MR) is 194 cm³/mol. The molecule has 0 radical (unpaired) electrons. The molecule has 4 bridgehead atoms. The smallest absolute Gasteiger partial charge is 0.338 e. The van der Waals surface area contributed by atoms with Gasteiger partial charge in [-0.25, -0.2) is 19.2 Å². The third kappa shape index (κ3) is 7.54. The molecule has 0 aromatic heterocycles. The number of ether oxygens (including phenoxy) is 6.